The largest absolute Gasteiger partial charge is 0.365 e. The fourth-order valence-corrected chi connectivity index (χ4v) is 6.82. The molecule has 140 valence electrons. The van der Waals surface area contributed by atoms with E-state index in [0.717, 1.165) is 23.1 Å². The molecule has 0 aliphatic carbocycles. The molecule has 3 saturated heterocycles. The lowest BCUT2D eigenvalue weighted by Gasteiger charge is -2.46. The summed E-state index contributed by atoms with van der Waals surface area (Å²) in [6.45, 7) is 0. The number of hydrogen-bond donors (Lipinski definition) is 0. The number of epoxide rings is 1. The molecule has 27 heavy (non-hydrogen) atoms. The molecule has 0 spiro atoms. The van der Waals surface area contributed by atoms with Crippen molar-refractivity contribution in [2.75, 3.05) is 14.1 Å². The molecule has 0 amide bonds. The predicted octanol–water partition coefficient (Wildman–Crippen LogP) is 4.16. The minimum atomic E-state index is 0.0442. The van der Waals surface area contributed by atoms with E-state index in [9.17, 15) is 0 Å². The van der Waals surface area contributed by atoms with Crippen molar-refractivity contribution in [3.63, 3.8) is 0 Å². The van der Waals surface area contributed by atoms with E-state index >= 15 is 0 Å². The lowest BCUT2D eigenvalue weighted by atomic mass is 9.94. The first-order valence-electron chi connectivity index (χ1n) is 10.1. The number of piperidine rings is 1. The van der Waals surface area contributed by atoms with E-state index in [2.05, 4.69) is 62.6 Å². The van der Waals surface area contributed by atoms with E-state index in [1.807, 2.05) is 11.8 Å². The highest BCUT2D eigenvalue weighted by atomic mass is 32.2. The summed E-state index contributed by atoms with van der Waals surface area (Å²) in [6, 6.07) is 18.8. The summed E-state index contributed by atoms with van der Waals surface area (Å²) in [4.78, 5) is 1.36. The Hall–Kier alpha value is -1.33. The molecule has 0 radical (unpaired) electrons. The van der Waals surface area contributed by atoms with Crippen LogP contribution in [0, 0.1) is 0 Å². The van der Waals surface area contributed by atoms with Crippen LogP contribution in [0.1, 0.15) is 35.6 Å². The van der Waals surface area contributed by atoms with Crippen LogP contribution in [-0.4, -0.2) is 49.0 Å². The third kappa shape index (κ3) is 2.47. The molecule has 2 aromatic carbocycles. The molecule has 6 rings (SSSR count). The van der Waals surface area contributed by atoms with E-state index in [-0.39, 0.29) is 6.10 Å². The van der Waals surface area contributed by atoms with Gasteiger partial charge in [-0.15, -0.1) is 11.8 Å². The molecule has 1 unspecified atom stereocenters. The van der Waals surface area contributed by atoms with Crippen LogP contribution in [0.2, 0.25) is 0 Å². The SMILES string of the molecule is C[N+]1(C)[C@@H]2C[C@@H](OC3c4ccccc4CSc4ccccc43)C[C@H]1[C@@H]1O[C@@H]12. The summed E-state index contributed by atoms with van der Waals surface area (Å²) in [5, 5.41) is 0. The van der Waals surface area contributed by atoms with Crippen LogP contribution in [-0.2, 0) is 15.2 Å². The minimum absolute atomic E-state index is 0.0442. The molecule has 4 heterocycles. The van der Waals surface area contributed by atoms with Gasteiger partial charge in [-0.05, 0) is 22.8 Å². The van der Waals surface area contributed by atoms with Crippen LogP contribution < -0.4 is 0 Å². The number of hydrogen-bond acceptors (Lipinski definition) is 3. The molecular weight excluding hydrogens is 354 g/mol. The molecule has 2 aromatic rings. The number of thioether (sulfide) groups is 1. The third-order valence-corrected chi connectivity index (χ3v) is 8.43. The zero-order chi connectivity index (χ0) is 18.2. The second-order valence-corrected chi connectivity index (χ2v) is 9.98. The molecule has 3 fully saturated rings. The van der Waals surface area contributed by atoms with Crippen molar-refractivity contribution in [1.82, 2.24) is 0 Å². The van der Waals surface area contributed by atoms with Gasteiger partial charge in [-0.2, -0.15) is 0 Å². The first-order valence-corrected chi connectivity index (χ1v) is 11.1. The zero-order valence-corrected chi connectivity index (χ0v) is 16.7. The fraction of sp³-hybridized carbons (Fsp3) is 0.478. The summed E-state index contributed by atoms with van der Waals surface area (Å²) in [6.07, 6.45) is 3.53. The van der Waals surface area contributed by atoms with Crippen molar-refractivity contribution in [2.45, 2.75) is 60.0 Å². The van der Waals surface area contributed by atoms with Crippen molar-refractivity contribution >= 4 is 11.8 Å². The highest BCUT2D eigenvalue weighted by Gasteiger charge is 2.70. The average molecular weight is 381 g/mol. The number of fused-ring (bicyclic) bond motifs is 7. The van der Waals surface area contributed by atoms with E-state index < -0.39 is 0 Å². The number of quaternary nitrogens is 1. The number of ether oxygens (including phenoxy) is 2. The maximum Gasteiger partial charge on any atom is 0.142 e. The number of likely N-dealkylation sites (N-methyl/N-ethyl adjacent to an activating group) is 1. The van der Waals surface area contributed by atoms with E-state index in [1.165, 1.54) is 21.6 Å². The van der Waals surface area contributed by atoms with Crippen molar-refractivity contribution in [2.24, 2.45) is 0 Å². The topological polar surface area (TPSA) is 21.8 Å². The van der Waals surface area contributed by atoms with Gasteiger partial charge in [0.05, 0.1) is 20.2 Å². The number of benzene rings is 2. The van der Waals surface area contributed by atoms with Crippen LogP contribution in [0.15, 0.2) is 53.4 Å². The van der Waals surface area contributed by atoms with Gasteiger partial charge in [-0.25, -0.2) is 0 Å². The number of rotatable bonds is 2. The van der Waals surface area contributed by atoms with Gasteiger partial charge in [0.15, 0.2) is 0 Å². The van der Waals surface area contributed by atoms with Crippen molar-refractivity contribution < 1.29 is 14.0 Å². The quantitative estimate of drug-likeness (QED) is 0.577. The van der Waals surface area contributed by atoms with Crippen LogP contribution in [0.5, 0.6) is 0 Å². The maximum atomic E-state index is 6.93. The van der Waals surface area contributed by atoms with Crippen LogP contribution in [0.3, 0.4) is 0 Å². The van der Waals surface area contributed by atoms with Crippen molar-refractivity contribution in [3.05, 3.63) is 65.2 Å². The Labute approximate surface area is 165 Å². The Morgan fingerprint density at radius 3 is 2.37 bits per heavy atom. The van der Waals surface area contributed by atoms with Gasteiger partial charge in [0.1, 0.15) is 30.4 Å². The fourth-order valence-electron chi connectivity index (χ4n) is 5.73. The molecule has 0 saturated carbocycles. The van der Waals surface area contributed by atoms with Gasteiger partial charge in [-0.1, -0.05) is 42.5 Å². The van der Waals surface area contributed by atoms with E-state index in [4.69, 9.17) is 9.47 Å². The van der Waals surface area contributed by atoms with Gasteiger partial charge in [0.2, 0.25) is 0 Å². The van der Waals surface area contributed by atoms with Gasteiger partial charge in [0.25, 0.3) is 0 Å². The van der Waals surface area contributed by atoms with Crippen molar-refractivity contribution in [3.8, 4) is 0 Å². The van der Waals surface area contributed by atoms with Crippen LogP contribution in [0.4, 0.5) is 0 Å². The Morgan fingerprint density at radius 1 is 0.926 bits per heavy atom. The zero-order valence-electron chi connectivity index (χ0n) is 15.9. The standard InChI is InChI=1S/C23H26NO2S/c1-24(2)18-11-15(12-19(24)23-22(18)26-23)25-21-16-8-4-3-7-14(16)13-27-20-10-6-5-9-17(20)21/h3-10,15,18-19,21-23H,11-13H2,1-2H3/q+1/t15-,18-,19+,21?,22-,23+. The van der Waals surface area contributed by atoms with E-state index in [1.54, 1.807) is 0 Å². The van der Waals surface area contributed by atoms with Gasteiger partial charge in [0, 0.05) is 23.5 Å². The van der Waals surface area contributed by atoms with Crippen LogP contribution >= 0.6 is 11.8 Å². The molecule has 0 N–H and O–H groups in total. The lowest BCUT2D eigenvalue weighted by molar-refractivity contribution is -0.938. The first-order chi connectivity index (χ1) is 13.1. The van der Waals surface area contributed by atoms with Crippen molar-refractivity contribution in [1.29, 1.82) is 0 Å². The summed E-state index contributed by atoms with van der Waals surface area (Å²) in [5.41, 5.74) is 4.09. The highest BCUT2D eigenvalue weighted by molar-refractivity contribution is 7.98. The average Bonchev–Trinajstić information content (AvgIpc) is 3.44. The number of morpholine rings is 1. The Balaban J connectivity index is 1.35. The summed E-state index contributed by atoms with van der Waals surface area (Å²) in [5.74, 6) is 1.02. The van der Waals surface area contributed by atoms with E-state index in [0.29, 0.717) is 30.4 Å². The Kier molecular flexibility index (Phi) is 3.59. The molecule has 0 aromatic heterocycles. The monoisotopic (exact) mass is 380 g/mol. The summed E-state index contributed by atoms with van der Waals surface area (Å²) < 4.78 is 14.0. The Bertz CT molecular complexity index is 830. The number of nitrogens with zero attached hydrogens (tertiary/aromatic N) is 1. The highest BCUT2D eigenvalue weighted by Crippen LogP contribution is 2.53. The second kappa shape index (κ2) is 5.84. The maximum absolute atomic E-state index is 6.93. The normalized spacial score (nSPS) is 37.7. The second-order valence-electron chi connectivity index (χ2n) is 8.96. The summed E-state index contributed by atoms with van der Waals surface area (Å²) in [7, 11) is 4.77. The molecule has 6 atom stereocenters. The minimum Gasteiger partial charge on any atom is -0.365 e. The molecule has 3 nitrogen and oxygen atoms in total. The Morgan fingerprint density at radius 2 is 1.59 bits per heavy atom. The van der Waals surface area contributed by atoms with Gasteiger partial charge >= 0.3 is 0 Å². The summed E-state index contributed by atoms with van der Waals surface area (Å²) >= 11 is 1.94. The van der Waals surface area contributed by atoms with Crippen LogP contribution in [0.25, 0.3) is 0 Å². The molecule has 2 bridgehead atoms. The molecule has 4 aliphatic heterocycles. The molecule has 4 heteroatoms. The van der Waals surface area contributed by atoms with Gasteiger partial charge < -0.3 is 14.0 Å². The lowest BCUT2D eigenvalue weighted by Crippen LogP contribution is -2.59. The predicted molar refractivity (Wildman–Crippen MR) is 107 cm³/mol. The molecule has 4 aliphatic rings. The van der Waals surface area contributed by atoms with Gasteiger partial charge in [-0.3, -0.25) is 0 Å². The smallest absolute Gasteiger partial charge is 0.142 e. The first kappa shape index (κ1) is 16.6. The molecular formula is C23H26NO2S+. The third-order valence-electron chi connectivity index (χ3n) is 7.29.